The third-order valence-corrected chi connectivity index (χ3v) is 2.78. The van der Waals surface area contributed by atoms with E-state index < -0.39 is 112 Å². The van der Waals surface area contributed by atoms with Gasteiger partial charge in [0.25, 0.3) is 0 Å². The number of halogens is 2. The molecule has 1 amide bonds. The minimum absolute atomic E-state index is 0.501. The Morgan fingerprint density at radius 1 is 1.56 bits per heavy atom. The molecule has 0 bridgehead atoms. The van der Waals surface area contributed by atoms with E-state index in [9.17, 15) is 18.4 Å². The predicted molar refractivity (Wildman–Crippen MR) is 88.6 cm³/mol. The Morgan fingerprint density at radius 3 is 2.92 bits per heavy atom. The molecule has 1 aromatic heterocycles. The molecule has 1 fully saturated rings. The molecule has 0 spiro atoms. The minimum Gasteiger partial charge on any atom is -0.444 e. The van der Waals surface area contributed by atoms with Gasteiger partial charge in [-0.2, -0.15) is 0 Å². The van der Waals surface area contributed by atoms with E-state index in [1.807, 2.05) is 0 Å². The standard InChI is InChI=1S/C17H21F2N3O3/c1-17(2,3)25-16(24)21-6-4-11(5-7-21)22-13-9-10(18)8-12(19)14(13)20-15(22)23/h8-9,11H,4-7H2,1-3H3,(H,20,23)/i1D2,2D3,4D2,5D2,6D2,7D2,8D,9D,11D/hD. The molecular weight excluding hydrogens is 332 g/mol. The number of carbonyl (C=O) groups excluding carboxylic acids is 1. The number of ether oxygens (including phenoxy) is 1. The number of piperidine rings is 1. The summed E-state index contributed by atoms with van der Waals surface area (Å²) in [5, 5.41) is 0. The van der Waals surface area contributed by atoms with Crippen LogP contribution in [0.1, 0.15) is 61.3 Å². The second-order valence-corrected chi connectivity index (χ2v) is 4.94. The van der Waals surface area contributed by atoms with E-state index >= 15 is 0 Å². The molecule has 1 saturated heterocycles. The van der Waals surface area contributed by atoms with E-state index in [1.165, 1.54) is 0 Å². The summed E-state index contributed by atoms with van der Waals surface area (Å²) in [5.41, 5.74) is -8.16. The Hall–Kier alpha value is -2.38. The van der Waals surface area contributed by atoms with Crippen molar-refractivity contribution in [3.05, 3.63) is 34.2 Å². The largest absolute Gasteiger partial charge is 0.444 e. The summed E-state index contributed by atoms with van der Waals surface area (Å²) in [6.07, 6.45) is -11.2. The number of rotatable bonds is 1. The molecule has 0 saturated carbocycles. The van der Waals surface area contributed by atoms with Crippen LogP contribution in [-0.2, 0) is 4.74 Å². The SMILES string of the molecule is [2H]c1c(F)c([2H])c2c(c1F)n([2H])c(=O)n2C1([2H])C([2H])([2H])C([2H])([2H])N(C(=O)OC(C)(C([2H])[2H])C([2H])([2H])[2H])C([2H])([2H])C1([2H])[2H]. The summed E-state index contributed by atoms with van der Waals surface area (Å²) in [6, 6.07) is -7.63. The van der Waals surface area contributed by atoms with Gasteiger partial charge in [-0.25, -0.2) is 18.4 Å². The monoisotopic (exact) mass is 370 g/mol. The zero-order chi connectivity index (χ0) is 33.1. The van der Waals surface area contributed by atoms with Gasteiger partial charge in [-0.1, -0.05) is 0 Å². The number of H-pyrrole nitrogens is 1. The van der Waals surface area contributed by atoms with Gasteiger partial charge in [-0.05, 0) is 33.4 Å². The van der Waals surface area contributed by atoms with Gasteiger partial charge < -0.3 is 14.6 Å². The fourth-order valence-corrected chi connectivity index (χ4v) is 1.87. The van der Waals surface area contributed by atoms with Crippen LogP contribution < -0.4 is 5.69 Å². The minimum atomic E-state index is -4.39. The van der Waals surface area contributed by atoms with Crippen LogP contribution in [0.2, 0.25) is 1.41 Å². The van der Waals surface area contributed by atoms with Gasteiger partial charge in [0.2, 0.25) is 0 Å². The number of aromatic nitrogens is 2. The van der Waals surface area contributed by atoms with Gasteiger partial charge in [-0.15, -0.1) is 0 Å². The first-order valence-corrected chi connectivity index (χ1v) is 6.52. The summed E-state index contributed by atoms with van der Waals surface area (Å²) >= 11 is 0. The number of hydrogen-bond donors (Lipinski definition) is 1. The van der Waals surface area contributed by atoms with Crippen LogP contribution in [-0.4, -0.2) is 39.1 Å². The van der Waals surface area contributed by atoms with Gasteiger partial charge in [-0.3, -0.25) is 4.57 Å². The average Bonchev–Trinajstić information content (AvgIpc) is 3.09. The highest BCUT2D eigenvalue weighted by molar-refractivity contribution is 5.76. The second-order valence-electron chi connectivity index (χ2n) is 4.94. The van der Waals surface area contributed by atoms with E-state index in [2.05, 4.69) is 4.74 Å². The second kappa shape index (κ2) is 6.16. The number of imidazole rings is 1. The van der Waals surface area contributed by atoms with Crippen LogP contribution in [0.25, 0.3) is 11.0 Å². The molecule has 1 aliphatic heterocycles. The average molecular weight is 370 g/mol. The first-order chi connectivity index (χ1) is 18.5. The third-order valence-electron chi connectivity index (χ3n) is 2.78. The molecule has 6 nitrogen and oxygen atoms in total. The topological polar surface area (TPSA) is 67.3 Å². The molecule has 0 aliphatic carbocycles. The van der Waals surface area contributed by atoms with Gasteiger partial charge in [0, 0.05) is 48.9 Å². The van der Waals surface area contributed by atoms with Crippen molar-refractivity contribution in [3.63, 3.8) is 0 Å². The molecule has 1 atom stereocenters. The van der Waals surface area contributed by atoms with Crippen LogP contribution >= 0.6 is 0 Å². The van der Waals surface area contributed by atoms with Crippen molar-refractivity contribution in [1.29, 1.82) is 0 Å². The molecule has 1 aliphatic rings. The Kier molecular flexibility index (Phi) is 1.50. The number of aromatic amines is 1. The Labute approximate surface area is 167 Å². The van der Waals surface area contributed by atoms with Gasteiger partial charge in [0.05, 0.1) is 9.63 Å². The van der Waals surface area contributed by atoms with E-state index in [1.54, 1.807) is 0 Å². The highest BCUT2D eigenvalue weighted by Crippen LogP contribution is 2.27. The highest BCUT2D eigenvalue weighted by Gasteiger charge is 2.29. The molecule has 2 heterocycles. The van der Waals surface area contributed by atoms with Crippen molar-refractivity contribution in [3.8, 4) is 0 Å². The summed E-state index contributed by atoms with van der Waals surface area (Å²) < 4.78 is 170. The Balaban J connectivity index is 2.45. The molecule has 2 aromatic rings. The maximum Gasteiger partial charge on any atom is 0.410 e. The van der Waals surface area contributed by atoms with Crippen molar-refractivity contribution < 1.29 is 41.7 Å². The Bertz CT molecular complexity index is 1510. The van der Waals surface area contributed by atoms with Gasteiger partial charge in [0.1, 0.15) is 16.9 Å². The number of fused-ring (bicyclic) bond motifs is 1. The van der Waals surface area contributed by atoms with Gasteiger partial charge >= 0.3 is 11.8 Å². The van der Waals surface area contributed by atoms with E-state index in [-0.39, 0.29) is 0 Å². The predicted octanol–water partition coefficient (Wildman–Crippen LogP) is 3.18. The number of nitrogens with one attached hydrogen (secondary N) is 1. The zero-order valence-corrected chi connectivity index (χ0v) is 12.4. The lowest BCUT2D eigenvalue weighted by Crippen LogP contribution is -2.43. The van der Waals surface area contributed by atoms with Gasteiger partial charge in [0.15, 0.2) is 7.23 Å². The van der Waals surface area contributed by atoms with Crippen LogP contribution in [0.3, 0.4) is 0 Å². The fourth-order valence-electron chi connectivity index (χ4n) is 1.87. The summed E-state index contributed by atoms with van der Waals surface area (Å²) in [4.78, 5) is 24.9. The smallest absolute Gasteiger partial charge is 0.410 e. The van der Waals surface area contributed by atoms with Crippen LogP contribution in [0.5, 0.6) is 0 Å². The van der Waals surface area contributed by atoms with Crippen LogP contribution in [0.15, 0.2) is 16.9 Å². The number of benzene rings is 1. The first kappa shape index (κ1) is 6.10. The zero-order valence-electron chi connectivity index (χ0n) is 29.4. The molecule has 0 radical (unpaired) electrons. The van der Waals surface area contributed by atoms with Crippen molar-refractivity contribution >= 4 is 17.1 Å². The van der Waals surface area contributed by atoms with Crippen LogP contribution in [0, 0.1) is 11.6 Å². The fraction of sp³-hybridized carbons (Fsp3) is 0.529. The number of amides is 1. The van der Waals surface area contributed by atoms with Crippen LogP contribution in [0.4, 0.5) is 13.6 Å². The number of hydrogen-bond acceptors (Lipinski definition) is 3. The summed E-state index contributed by atoms with van der Waals surface area (Å²) in [6.45, 7) is -14.1. The lowest BCUT2D eigenvalue weighted by molar-refractivity contribution is 0.0189. The van der Waals surface area contributed by atoms with E-state index in [0.29, 0.717) is 6.92 Å². The maximum absolute atomic E-state index is 14.8. The lowest BCUT2D eigenvalue weighted by Gasteiger charge is -2.33. The Morgan fingerprint density at radius 2 is 2.28 bits per heavy atom. The highest BCUT2D eigenvalue weighted by atomic mass is 19.1. The van der Waals surface area contributed by atoms with E-state index in [0.717, 1.165) is 0 Å². The molecule has 136 valence electrons. The molecule has 8 heteroatoms. The normalized spacial score (nSPS) is 38.2. The quantitative estimate of drug-likeness (QED) is 0.838. The molecular formula is C17H21F2N3O3. The van der Waals surface area contributed by atoms with Crippen molar-refractivity contribution in [2.45, 2.75) is 45.0 Å². The molecule has 1 aromatic carbocycles. The lowest BCUT2D eigenvalue weighted by atomic mass is 10.0. The van der Waals surface area contributed by atoms with Crippen molar-refractivity contribution in [2.75, 3.05) is 13.0 Å². The molecule has 1 N–H and O–H groups in total. The summed E-state index contributed by atoms with van der Waals surface area (Å²) in [5.74, 6) is -3.99. The summed E-state index contributed by atoms with van der Waals surface area (Å²) in [7, 11) is 0. The molecule has 1 unspecified atom stereocenters. The first-order valence-electron chi connectivity index (χ1n) is 15.1. The third kappa shape index (κ3) is 3.52. The number of carbonyl (C=O) groups is 1. The molecule has 25 heavy (non-hydrogen) atoms. The number of likely N-dealkylation sites (tertiary alicyclic amines) is 1. The van der Waals surface area contributed by atoms with Crippen molar-refractivity contribution in [1.82, 2.24) is 14.4 Å². The van der Waals surface area contributed by atoms with Crippen molar-refractivity contribution in [2.24, 2.45) is 0 Å². The maximum atomic E-state index is 14.8. The molecule has 3 rings (SSSR count). The van der Waals surface area contributed by atoms with E-state index in [4.69, 9.17) is 23.3 Å². The number of nitrogens with zero attached hydrogens (tertiary/aromatic N) is 2.